The van der Waals surface area contributed by atoms with Crippen LogP contribution in [-0.2, 0) is 0 Å². The summed E-state index contributed by atoms with van der Waals surface area (Å²) in [5, 5.41) is 2.25. The normalized spacial score (nSPS) is 10.3. The predicted molar refractivity (Wildman–Crippen MR) is 68.7 cm³/mol. The van der Waals surface area contributed by atoms with Gasteiger partial charge in [-0.25, -0.2) is 0 Å². The smallest absolute Gasteiger partial charge is 0.162 e. The van der Waals surface area contributed by atoms with E-state index >= 15 is 0 Å². The van der Waals surface area contributed by atoms with E-state index < -0.39 is 0 Å². The molecule has 0 amide bonds. The van der Waals surface area contributed by atoms with Crippen molar-refractivity contribution in [3.63, 3.8) is 0 Å². The molecule has 0 aromatic heterocycles. The molecule has 2 rings (SSSR count). The van der Waals surface area contributed by atoms with Gasteiger partial charge in [0.1, 0.15) is 0 Å². The Hall–Kier alpha value is -1.89. The zero-order chi connectivity index (χ0) is 11.5. The first kappa shape index (κ1) is 10.6. The monoisotopic (exact) mass is 210 g/mol. The molecule has 1 nitrogen and oxygen atoms in total. The lowest BCUT2D eigenvalue weighted by atomic mass is 10.0. The molecule has 0 spiro atoms. The molecule has 0 aliphatic heterocycles. The van der Waals surface area contributed by atoms with Gasteiger partial charge < -0.3 is 0 Å². The molecule has 0 N–H and O–H groups in total. The largest absolute Gasteiger partial charge is 0.294 e. The van der Waals surface area contributed by atoms with Gasteiger partial charge in [-0.05, 0) is 28.5 Å². The molecule has 2 aromatic rings. The van der Waals surface area contributed by atoms with Gasteiger partial charge in [-0.15, -0.1) is 0 Å². The molecule has 0 bridgehead atoms. The highest BCUT2D eigenvalue weighted by Crippen LogP contribution is 2.19. The van der Waals surface area contributed by atoms with E-state index in [9.17, 15) is 4.79 Å². The number of benzene rings is 2. The first-order valence-corrected chi connectivity index (χ1v) is 5.44. The Kier molecular flexibility index (Phi) is 2.86. The fourth-order valence-electron chi connectivity index (χ4n) is 1.77. The Balaban J connectivity index is 2.55. The molecule has 0 heterocycles. The number of rotatable bonds is 3. The van der Waals surface area contributed by atoms with Gasteiger partial charge in [-0.1, -0.05) is 43.8 Å². The molecular formula is C15H14O. The number of Topliss-reactive ketones (excluding diaryl/α,β-unsaturated/α-hetero) is 1. The first-order valence-electron chi connectivity index (χ1n) is 5.44. The van der Waals surface area contributed by atoms with Gasteiger partial charge in [-0.2, -0.15) is 0 Å². The summed E-state index contributed by atoms with van der Waals surface area (Å²) in [5.74, 6) is 0.190. The minimum Gasteiger partial charge on any atom is -0.294 e. The number of hydrogen-bond donors (Lipinski definition) is 0. The van der Waals surface area contributed by atoms with Gasteiger partial charge in [0.2, 0.25) is 0 Å². The Morgan fingerprint density at radius 2 is 1.88 bits per heavy atom. The van der Waals surface area contributed by atoms with Crippen molar-refractivity contribution in [2.75, 3.05) is 0 Å². The zero-order valence-corrected chi connectivity index (χ0v) is 9.36. The topological polar surface area (TPSA) is 17.1 Å². The molecule has 0 aliphatic rings. The van der Waals surface area contributed by atoms with Crippen molar-refractivity contribution in [2.24, 2.45) is 0 Å². The lowest BCUT2D eigenvalue weighted by Gasteiger charge is -2.02. The second kappa shape index (κ2) is 4.31. The Morgan fingerprint density at radius 1 is 1.19 bits per heavy atom. The highest BCUT2D eigenvalue weighted by atomic mass is 16.1. The van der Waals surface area contributed by atoms with Gasteiger partial charge in [0.25, 0.3) is 0 Å². The fraction of sp³-hybridized carbons (Fsp3) is 0.133. The van der Waals surface area contributed by atoms with Crippen LogP contribution in [0.1, 0.15) is 29.3 Å². The zero-order valence-electron chi connectivity index (χ0n) is 9.36. The molecule has 0 aliphatic carbocycles. The van der Waals surface area contributed by atoms with Crippen LogP contribution in [0.15, 0.2) is 43.0 Å². The minimum atomic E-state index is 0.190. The average molecular weight is 210 g/mol. The summed E-state index contributed by atoms with van der Waals surface area (Å²) in [6.45, 7) is 5.62. The van der Waals surface area contributed by atoms with Crippen LogP contribution in [0, 0.1) is 0 Å². The lowest BCUT2D eigenvalue weighted by molar-refractivity contribution is 0.0988. The Labute approximate surface area is 95.4 Å². The number of carbonyl (C=O) groups excluding carboxylic acids is 1. The summed E-state index contributed by atoms with van der Waals surface area (Å²) in [6, 6.07) is 11.9. The fourth-order valence-corrected chi connectivity index (χ4v) is 1.77. The molecule has 0 radical (unpaired) electrons. The van der Waals surface area contributed by atoms with Crippen molar-refractivity contribution in [3.05, 3.63) is 54.1 Å². The summed E-state index contributed by atoms with van der Waals surface area (Å²) in [6.07, 6.45) is 2.38. The molecule has 0 saturated heterocycles. The van der Waals surface area contributed by atoms with Gasteiger partial charge in [0.15, 0.2) is 5.78 Å². The van der Waals surface area contributed by atoms with Crippen LogP contribution in [-0.4, -0.2) is 5.78 Å². The maximum Gasteiger partial charge on any atom is 0.162 e. The first-order chi connectivity index (χ1) is 7.74. The van der Waals surface area contributed by atoms with Crippen LogP contribution in [0.3, 0.4) is 0 Å². The van der Waals surface area contributed by atoms with Crippen LogP contribution in [0.25, 0.3) is 16.8 Å². The van der Waals surface area contributed by atoms with E-state index in [1.807, 2.05) is 43.3 Å². The van der Waals surface area contributed by atoms with Crippen LogP contribution < -0.4 is 0 Å². The SMILES string of the molecule is C=Cc1ccc2cc(C(=O)CC)ccc2c1. The standard InChI is InChI=1S/C15H14O/c1-3-11-5-6-13-10-14(15(16)4-2)8-7-12(13)9-11/h3,5-10H,1,4H2,2H3. The Morgan fingerprint density at radius 3 is 2.56 bits per heavy atom. The molecule has 0 saturated carbocycles. The Bertz CT molecular complexity index is 552. The molecule has 1 heteroatoms. The van der Waals surface area contributed by atoms with E-state index in [1.165, 1.54) is 0 Å². The molecule has 2 aromatic carbocycles. The molecule has 0 atom stereocenters. The summed E-state index contributed by atoms with van der Waals surface area (Å²) < 4.78 is 0. The maximum absolute atomic E-state index is 11.6. The van der Waals surface area contributed by atoms with E-state index in [-0.39, 0.29) is 5.78 Å². The number of hydrogen-bond acceptors (Lipinski definition) is 1. The van der Waals surface area contributed by atoms with Crippen LogP contribution in [0.4, 0.5) is 0 Å². The van der Waals surface area contributed by atoms with Crippen molar-refractivity contribution in [1.29, 1.82) is 0 Å². The van der Waals surface area contributed by atoms with Crippen molar-refractivity contribution in [1.82, 2.24) is 0 Å². The summed E-state index contributed by atoms with van der Waals surface area (Å²) >= 11 is 0. The van der Waals surface area contributed by atoms with E-state index in [4.69, 9.17) is 0 Å². The van der Waals surface area contributed by atoms with Gasteiger partial charge in [0.05, 0.1) is 0 Å². The summed E-state index contributed by atoms with van der Waals surface area (Å²) in [4.78, 5) is 11.6. The summed E-state index contributed by atoms with van der Waals surface area (Å²) in [7, 11) is 0. The van der Waals surface area contributed by atoms with Crippen molar-refractivity contribution in [3.8, 4) is 0 Å². The highest BCUT2D eigenvalue weighted by molar-refractivity contribution is 6.00. The van der Waals surface area contributed by atoms with E-state index in [2.05, 4.69) is 12.6 Å². The second-order valence-corrected chi connectivity index (χ2v) is 3.80. The third kappa shape index (κ3) is 1.89. The molecule has 0 fully saturated rings. The highest BCUT2D eigenvalue weighted by Gasteiger charge is 2.03. The minimum absolute atomic E-state index is 0.190. The molecule has 0 unspecified atom stereocenters. The third-order valence-electron chi connectivity index (χ3n) is 2.74. The van der Waals surface area contributed by atoms with Crippen LogP contribution in [0.5, 0.6) is 0 Å². The predicted octanol–water partition coefficient (Wildman–Crippen LogP) is 4.08. The van der Waals surface area contributed by atoms with E-state index in [1.54, 1.807) is 0 Å². The van der Waals surface area contributed by atoms with Crippen LogP contribution in [0.2, 0.25) is 0 Å². The van der Waals surface area contributed by atoms with Gasteiger partial charge in [0, 0.05) is 12.0 Å². The third-order valence-corrected chi connectivity index (χ3v) is 2.74. The van der Waals surface area contributed by atoms with E-state index in [0.717, 1.165) is 21.9 Å². The number of fused-ring (bicyclic) bond motifs is 1. The van der Waals surface area contributed by atoms with Crippen LogP contribution >= 0.6 is 0 Å². The van der Waals surface area contributed by atoms with Crippen molar-refractivity contribution in [2.45, 2.75) is 13.3 Å². The summed E-state index contributed by atoms with van der Waals surface area (Å²) in [5.41, 5.74) is 1.89. The van der Waals surface area contributed by atoms with Crippen molar-refractivity contribution < 1.29 is 4.79 Å². The van der Waals surface area contributed by atoms with E-state index in [0.29, 0.717) is 6.42 Å². The lowest BCUT2D eigenvalue weighted by Crippen LogP contribution is -1.95. The average Bonchev–Trinajstić information content (AvgIpc) is 2.36. The second-order valence-electron chi connectivity index (χ2n) is 3.80. The van der Waals surface area contributed by atoms with Crippen molar-refractivity contribution >= 4 is 22.6 Å². The maximum atomic E-state index is 11.6. The molecule has 80 valence electrons. The molecule has 16 heavy (non-hydrogen) atoms. The number of carbonyl (C=O) groups is 1. The molecular weight excluding hydrogens is 196 g/mol. The number of ketones is 1. The quantitative estimate of drug-likeness (QED) is 0.698. The van der Waals surface area contributed by atoms with Gasteiger partial charge >= 0.3 is 0 Å². The van der Waals surface area contributed by atoms with Gasteiger partial charge in [-0.3, -0.25) is 4.79 Å².